The molecule has 6 heteroatoms. The number of guanidine groups is 1. The highest BCUT2D eigenvalue weighted by Crippen LogP contribution is 2.15. The molecule has 0 aromatic heterocycles. The molecule has 0 fully saturated rings. The SMILES string of the molecule is CCNC(=NCc1cccc(OC(C)C)c1)NCCOC.I. The van der Waals surface area contributed by atoms with Crippen molar-refractivity contribution < 1.29 is 9.47 Å². The summed E-state index contributed by atoms with van der Waals surface area (Å²) in [5, 5.41) is 6.43. The minimum atomic E-state index is 0. The molecule has 0 aliphatic carbocycles. The maximum atomic E-state index is 5.69. The summed E-state index contributed by atoms with van der Waals surface area (Å²) in [6, 6.07) is 8.04. The van der Waals surface area contributed by atoms with E-state index in [1.54, 1.807) is 7.11 Å². The summed E-state index contributed by atoms with van der Waals surface area (Å²) in [6.07, 6.45) is 0.178. The Bertz CT molecular complexity index is 439. The number of hydrogen-bond donors (Lipinski definition) is 2. The van der Waals surface area contributed by atoms with Crippen LogP contribution in [0, 0.1) is 0 Å². The van der Waals surface area contributed by atoms with E-state index in [9.17, 15) is 0 Å². The average Bonchev–Trinajstić information content (AvgIpc) is 2.44. The van der Waals surface area contributed by atoms with Crippen LogP contribution in [-0.2, 0) is 11.3 Å². The van der Waals surface area contributed by atoms with Gasteiger partial charge in [-0.15, -0.1) is 24.0 Å². The lowest BCUT2D eigenvalue weighted by Gasteiger charge is -2.12. The van der Waals surface area contributed by atoms with E-state index in [4.69, 9.17) is 9.47 Å². The molecule has 0 heterocycles. The van der Waals surface area contributed by atoms with Crippen molar-refractivity contribution in [3.05, 3.63) is 29.8 Å². The maximum Gasteiger partial charge on any atom is 0.191 e. The molecule has 0 saturated heterocycles. The van der Waals surface area contributed by atoms with Gasteiger partial charge in [0.1, 0.15) is 5.75 Å². The first-order chi connectivity index (χ1) is 10.2. The van der Waals surface area contributed by atoms with Crippen molar-refractivity contribution >= 4 is 29.9 Å². The summed E-state index contributed by atoms with van der Waals surface area (Å²) in [5.41, 5.74) is 1.12. The molecule has 0 amide bonds. The fraction of sp³-hybridized carbons (Fsp3) is 0.562. The number of ether oxygens (including phenoxy) is 2. The van der Waals surface area contributed by atoms with Gasteiger partial charge >= 0.3 is 0 Å². The summed E-state index contributed by atoms with van der Waals surface area (Å²) in [4.78, 5) is 4.56. The first-order valence-corrected chi connectivity index (χ1v) is 7.42. The van der Waals surface area contributed by atoms with Crippen LogP contribution in [0.2, 0.25) is 0 Å². The third-order valence-corrected chi connectivity index (χ3v) is 2.63. The summed E-state index contributed by atoms with van der Waals surface area (Å²) in [6.45, 7) is 8.92. The second-order valence-corrected chi connectivity index (χ2v) is 4.93. The van der Waals surface area contributed by atoms with Crippen molar-refractivity contribution in [2.75, 3.05) is 26.8 Å². The third-order valence-electron chi connectivity index (χ3n) is 2.63. The Morgan fingerprint density at radius 1 is 1.27 bits per heavy atom. The predicted octanol–water partition coefficient (Wildman–Crippen LogP) is 2.79. The lowest BCUT2D eigenvalue weighted by Crippen LogP contribution is -2.38. The third kappa shape index (κ3) is 9.09. The van der Waals surface area contributed by atoms with Crippen molar-refractivity contribution in [3.8, 4) is 5.75 Å². The number of methoxy groups -OCH3 is 1. The summed E-state index contributed by atoms with van der Waals surface area (Å²) >= 11 is 0. The number of nitrogens with one attached hydrogen (secondary N) is 2. The minimum Gasteiger partial charge on any atom is -0.491 e. The van der Waals surface area contributed by atoms with Crippen LogP contribution in [0.25, 0.3) is 0 Å². The second kappa shape index (κ2) is 12.5. The molecular formula is C16H28IN3O2. The number of nitrogens with zero attached hydrogens (tertiary/aromatic N) is 1. The standard InChI is InChI=1S/C16H27N3O2.HI/c1-5-17-16(18-9-10-20-4)19-12-14-7-6-8-15(11-14)21-13(2)3;/h6-8,11,13H,5,9-10,12H2,1-4H3,(H2,17,18,19);1H. The van der Waals surface area contributed by atoms with Crippen LogP contribution >= 0.6 is 24.0 Å². The molecule has 0 atom stereocenters. The van der Waals surface area contributed by atoms with E-state index in [0.717, 1.165) is 30.4 Å². The number of halogens is 1. The number of aliphatic imine (C=N–C) groups is 1. The van der Waals surface area contributed by atoms with Crippen molar-refractivity contribution in [1.82, 2.24) is 10.6 Å². The maximum absolute atomic E-state index is 5.69. The summed E-state index contributed by atoms with van der Waals surface area (Å²) in [5.74, 6) is 1.68. The Morgan fingerprint density at radius 3 is 2.68 bits per heavy atom. The molecule has 22 heavy (non-hydrogen) atoms. The van der Waals surface area contributed by atoms with Crippen LogP contribution < -0.4 is 15.4 Å². The molecular weight excluding hydrogens is 393 g/mol. The van der Waals surface area contributed by atoms with Gasteiger partial charge in [-0.3, -0.25) is 0 Å². The zero-order valence-electron chi connectivity index (χ0n) is 13.9. The second-order valence-electron chi connectivity index (χ2n) is 4.93. The van der Waals surface area contributed by atoms with Gasteiger partial charge in [-0.25, -0.2) is 4.99 Å². The van der Waals surface area contributed by atoms with E-state index in [0.29, 0.717) is 13.2 Å². The lowest BCUT2D eigenvalue weighted by molar-refractivity contribution is 0.203. The highest BCUT2D eigenvalue weighted by molar-refractivity contribution is 14.0. The summed E-state index contributed by atoms with van der Waals surface area (Å²) in [7, 11) is 1.69. The van der Waals surface area contributed by atoms with Gasteiger partial charge in [0.05, 0.1) is 19.3 Å². The molecule has 0 aliphatic rings. The molecule has 0 radical (unpaired) electrons. The average molecular weight is 421 g/mol. The van der Waals surface area contributed by atoms with Crippen LogP contribution in [0.15, 0.2) is 29.3 Å². The molecule has 0 aliphatic heterocycles. The fourth-order valence-corrected chi connectivity index (χ4v) is 1.77. The molecule has 5 nitrogen and oxygen atoms in total. The lowest BCUT2D eigenvalue weighted by atomic mass is 10.2. The van der Waals surface area contributed by atoms with Gasteiger partial charge in [0.25, 0.3) is 0 Å². The first-order valence-electron chi connectivity index (χ1n) is 7.42. The van der Waals surface area contributed by atoms with Crippen LogP contribution in [0.1, 0.15) is 26.3 Å². The van der Waals surface area contributed by atoms with E-state index < -0.39 is 0 Å². The normalized spacial score (nSPS) is 11.0. The predicted molar refractivity (Wildman–Crippen MR) is 102 cm³/mol. The van der Waals surface area contributed by atoms with Crippen LogP contribution in [0.4, 0.5) is 0 Å². The molecule has 0 bridgehead atoms. The minimum absolute atomic E-state index is 0. The van der Waals surface area contributed by atoms with Gasteiger partial charge in [-0.1, -0.05) is 12.1 Å². The zero-order chi connectivity index (χ0) is 15.5. The van der Waals surface area contributed by atoms with Crippen LogP contribution in [-0.4, -0.2) is 38.9 Å². The Balaban J connectivity index is 0.00000441. The van der Waals surface area contributed by atoms with Crippen molar-refractivity contribution in [2.45, 2.75) is 33.4 Å². The van der Waals surface area contributed by atoms with Gasteiger partial charge in [-0.05, 0) is 38.5 Å². The van der Waals surface area contributed by atoms with E-state index in [1.807, 2.05) is 39.0 Å². The molecule has 0 spiro atoms. The van der Waals surface area contributed by atoms with Gasteiger partial charge in [0.2, 0.25) is 0 Å². The molecule has 0 unspecified atom stereocenters. The monoisotopic (exact) mass is 421 g/mol. The van der Waals surface area contributed by atoms with Gasteiger partial charge in [0, 0.05) is 20.2 Å². The number of hydrogen-bond acceptors (Lipinski definition) is 3. The highest BCUT2D eigenvalue weighted by Gasteiger charge is 2.00. The topological polar surface area (TPSA) is 54.9 Å². The van der Waals surface area contributed by atoms with Crippen molar-refractivity contribution in [2.24, 2.45) is 4.99 Å². The molecule has 1 rings (SSSR count). The Hall–Kier alpha value is -1.02. The molecule has 126 valence electrons. The molecule has 0 saturated carbocycles. The van der Waals surface area contributed by atoms with E-state index in [2.05, 4.69) is 21.7 Å². The molecule has 1 aromatic carbocycles. The van der Waals surface area contributed by atoms with Crippen molar-refractivity contribution in [1.29, 1.82) is 0 Å². The van der Waals surface area contributed by atoms with Gasteiger partial charge in [-0.2, -0.15) is 0 Å². The fourth-order valence-electron chi connectivity index (χ4n) is 1.77. The van der Waals surface area contributed by atoms with E-state index in [-0.39, 0.29) is 30.1 Å². The Labute approximate surface area is 150 Å². The Morgan fingerprint density at radius 2 is 2.05 bits per heavy atom. The number of rotatable bonds is 8. The first kappa shape index (κ1) is 21.0. The van der Waals surface area contributed by atoms with Crippen LogP contribution in [0.5, 0.6) is 5.75 Å². The molecule has 2 N–H and O–H groups in total. The van der Waals surface area contributed by atoms with Gasteiger partial charge in [0.15, 0.2) is 5.96 Å². The number of benzene rings is 1. The van der Waals surface area contributed by atoms with E-state index in [1.165, 1.54) is 0 Å². The van der Waals surface area contributed by atoms with Gasteiger partial charge < -0.3 is 20.1 Å². The van der Waals surface area contributed by atoms with Crippen LogP contribution in [0.3, 0.4) is 0 Å². The van der Waals surface area contributed by atoms with E-state index >= 15 is 0 Å². The highest BCUT2D eigenvalue weighted by atomic mass is 127. The largest absolute Gasteiger partial charge is 0.491 e. The smallest absolute Gasteiger partial charge is 0.191 e. The Kier molecular flexibility index (Phi) is 11.9. The quantitative estimate of drug-likeness (QED) is 0.294. The summed E-state index contributed by atoms with van der Waals surface area (Å²) < 4.78 is 10.7. The van der Waals surface area contributed by atoms with Crippen molar-refractivity contribution in [3.63, 3.8) is 0 Å². The zero-order valence-corrected chi connectivity index (χ0v) is 16.2. The molecule has 1 aromatic rings.